The number of aromatic hydroxyl groups is 1. The van der Waals surface area contributed by atoms with Crippen LogP contribution in [-0.2, 0) is 6.54 Å². The topological polar surface area (TPSA) is 132 Å². The van der Waals surface area contributed by atoms with Crippen molar-refractivity contribution in [1.82, 2.24) is 29.5 Å². The predicted molar refractivity (Wildman–Crippen MR) is 147 cm³/mol. The first-order valence-corrected chi connectivity index (χ1v) is 14.6. The van der Waals surface area contributed by atoms with Crippen molar-refractivity contribution in [3.63, 3.8) is 0 Å². The Hall–Kier alpha value is -3.67. The van der Waals surface area contributed by atoms with E-state index in [1.165, 1.54) is 11.9 Å². The van der Waals surface area contributed by atoms with Crippen LogP contribution in [0.15, 0.2) is 42.9 Å². The molecule has 1 aliphatic rings. The van der Waals surface area contributed by atoms with Gasteiger partial charge >= 0.3 is 218 Å². The maximum absolute atomic E-state index is 9.64. The van der Waals surface area contributed by atoms with Crippen molar-refractivity contribution in [2.45, 2.75) is 51.0 Å². The molecule has 1 saturated heterocycles. The summed E-state index contributed by atoms with van der Waals surface area (Å²) in [6.45, 7) is 11.2. The summed E-state index contributed by atoms with van der Waals surface area (Å²) in [5.41, 5.74) is 9.61. The first-order valence-electron chi connectivity index (χ1n) is 12.6. The number of hydrogen-bond acceptors (Lipinski definition) is 9. The molecule has 3 aromatic heterocycles. The quantitative estimate of drug-likeness (QED) is 0.334. The number of anilines is 2. The Bertz CT molecular complexity index is 1490. The summed E-state index contributed by atoms with van der Waals surface area (Å²) in [7, 11) is 0. The monoisotopic (exact) mass is 572 g/mol. The molecular weight excluding hydrogens is 541 g/mol. The third kappa shape index (κ3) is 5.04. The number of nitrogens with zero attached hydrogens (tertiary/aromatic N) is 8. The van der Waals surface area contributed by atoms with Crippen LogP contribution in [0.1, 0.15) is 48.0 Å². The van der Waals surface area contributed by atoms with E-state index in [1.54, 1.807) is 12.1 Å². The van der Waals surface area contributed by atoms with Gasteiger partial charge in [0.1, 0.15) is 5.75 Å². The van der Waals surface area contributed by atoms with Gasteiger partial charge in [0, 0.05) is 0 Å². The molecular formula is C27H31AsN9O. The standard InChI is InChI=1S/C27H31AsN9O/c1-16-9-10-37-23(16)27(33-26(34-37)19(4)28-24-22(11-29)25(30)32-15-31-24)35-12-17(2)36(18(3)13-35)14-20-5-7-21(38)8-6-20/h5-10,15,17-19,38H,12-14H2,1-4H3,(H2,30,31,32)/t17-,18+,19-/m0/s1. The van der Waals surface area contributed by atoms with Crippen LogP contribution in [0, 0.1) is 18.3 Å². The van der Waals surface area contributed by atoms with Gasteiger partial charge in [0.15, 0.2) is 0 Å². The van der Waals surface area contributed by atoms with Crippen LogP contribution in [0.25, 0.3) is 5.52 Å². The van der Waals surface area contributed by atoms with E-state index in [-0.39, 0.29) is 16.3 Å². The summed E-state index contributed by atoms with van der Waals surface area (Å²) in [4.78, 5) is 18.3. The van der Waals surface area contributed by atoms with Crippen LogP contribution in [0.4, 0.5) is 11.6 Å². The molecule has 5 rings (SSSR count). The molecule has 3 atom stereocenters. The molecule has 195 valence electrons. The normalized spacial score (nSPS) is 19.3. The summed E-state index contributed by atoms with van der Waals surface area (Å²) in [6, 6.07) is 12.3. The molecule has 10 nitrogen and oxygen atoms in total. The predicted octanol–water partition coefficient (Wildman–Crippen LogP) is 2.18. The SMILES string of the molecule is Cc1ccn2nc([C@H](C)[As]c3ncnc(N)c3C#N)nc(N3C[C@@H](C)N(Cc4ccc(O)cc4)[C@@H](C)C3)c12. The van der Waals surface area contributed by atoms with Gasteiger partial charge in [0.05, 0.1) is 0 Å². The summed E-state index contributed by atoms with van der Waals surface area (Å²) < 4.78 is 2.63. The number of nitriles is 1. The zero-order valence-electron chi connectivity index (χ0n) is 21.9. The van der Waals surface area contributed by atoms with Crippen LogP contribution in [0.3, 0.4) is 0 Å². The van der Waals surface area contributed by atoms with E-state index in [0.29, 0.717) is 22.1 Å². The fourth-order valence-electron chi connectivity index (χ4n) is 5.06. The van der Waals surface area contributed by atoms with Crippen molar-refractivity contribution in [1.29, 1.82) is 5.26 Å². The number of phenolic OH excluding ortho intramolecular Hbond substituents is 1. The number of rotatable bonds is 6. The van der Waals surface area contributed by atoms with Gasteiger partial charge in [0.25, 0.3) is 0 Å². The first-order chi connectivity index (χ1) is 18.2. The van der Waals surface area contributed by atoms with Crippen LogP contribution >= 0.6 is 0 Å². The molecule has 0 spiro atoms. The average molecular weight is 573 g/mol. The van der Waals surface area contributed by atoms with Crippen molar-refractivity contribution in [2.24, 2.45) is 0 Å². The number of aromatic nitrogens is 5. The fraction of sp³-hybridized carbons (Fsp3) is 0.370. The first kappa shape index (κ1) is 26.0. The van der Waals surface area contributed by atoms with Gasteiger partial charge in [-0.3, -0.25) is 0 Å². The van der Waals surface area contributed by atoms with E-state index in [1.807, 2.05) is 22.8 Å². The zero-order valence-corrected chi connectivity index (χ0v) is 23.8. The van der Waals surface area contributed by atoms with Crippen molar-refractivity contribution in [2.75, 3.05) is 23.7 Å². The Morgan fingerprint density at radius 3 is 2.55 bits per heavy atom. The van der Waals surface area contributed by atoms with Crippen LogP contribution < -0.4 is 15.1 Å². The summed E-state index contributed by atoms with van der Waals surface area (Å²) >= 11 is -0.555. The van der Waals surface area contributed by atoms with E-state index >= 15 is 0 Å². The number of benzene rings is 1. The zero-order chi connectivity index (χ0) is 27.0. The molecule has 0 saturated carbocycles. The number of aryl methyl sites for hydroxylation is 1. The number of nitrogens with two attached hydrogens (primary N) is 1. The number of hydrogen-bond donors (Lipinski definition) is 2. The van der Waals surface area contributed by atoms with Crippen molar-refractivity contribution >= 4 is 37.4 Å². The molecule has 1 radical (unpaired) electrons. The van der Waals surface area contributed by atoms with Gasteiger partial charge in [-0.05, 0) is 0 Å². The molecule has 3 N–H and O–H groups in total. The Labute approximate surface area is 228 Å². The van der Waals surface area contributed by atoms with E-state index < -0.39 is 15.8 Å². The molecule has 0 unspecified atom stereocenters. The van der Waals surface area contributed by atoms with Crippen molar-refractivity contribution in [3.05, 3.63) is 65.4 Å². The molecule has 0 aliphatic carbocycles. The van der Waals surface area contributed by atoms with Gasteiger partial charge in [0.2, 0.25) is 0 Å². The van der Waals surface area contributed by atoms with Gasteiger partial charge in [-0.2, -0.15) is 0 Å². The van der Waals surface area contributed by atoms with Gasteiger partial charge in [-0.1, -0.05) is 0 Å². The minimum atomic E-state index is -0.555. The minimum absolute atomic E-state index is 0.00383. The van der Waals surface area contributed by atoms with Gasteiger partial charge in [-0.15, -0.1) is 0 Å². The third-order valence-corrected chi connectivity index (χ3v) is 9.59. The summed E-state index contributed by atoms with van der Waals surface area (Å²) in [5.74, 6) is 2.17. The molecule has 4 aromatic rings. The Morgan fingerprint density at radius 1 is 1.16 bits per heavy atom. The Kier molecular flexibility index (Phi) is 7.24. The van der Waals surface area contributed by atoms with E-state index in [4.69, 9.17) is 15.8 Å². The second kappa shape index (κ2) is 10.6. The number of fused-ring (bicyclic) bond motifs is 1. The summed E-state index contributed by atoms with van der Waals surface area (Å²) in [6.07, 6.45) is 3.40. The number of nitrogen functional groups attached to an aromatic ring is 1. The van der Waals surface area contributed by atoms with E-state index in [2.05, 4.69) is 59.6 Å². The van der Waals surface area contributed by atoms with Crippen LogP contribution in [0.5, 0.6) is 5.75 Å². The Morgan fingerprint density at radius 2 is 1.87 bits per heavy atom. The molecule has 4 heterocycles. The van der Waals surface area contributed by atoms with Gasteiger partial charge < -0.3 is 5.11 Å². The molecule has 38 heavy (non-hydrogen) atoms. The van der Waals surface area contributed by atoms with E-state index in [9.17, 15) is 10.4 Å². The molecule has 1 aliphatic heterocycles. The second-order valence-corrected chi connectivity index (χ2v) is 13.0. The van der Waals surface area contributed by atoms with Gasteiger partial charge in [-0.25, -0.2) is 0 Å². The average Bonchev–Trinajstić information content (AvgIpc) is 3.27. The van der Waals surface area contributed by atoms with Crippen molar-refractivity contribution < 1.29 is 5.11 Å². The second-order valence-electron chi connectivity index (χ2n) is 9.90. The molecule has 11 heteroatoms. The van der Waals surface area contributed by atoms with Crippen LogP contribution in [0.2, 0.25) is 0 Å². The number of phenols is 1. The molecule has 0 amide bonds. The molecule has 1 aromatic carbocycles. The number of piperazine rings is 1. The Balaban J connectivity index is 1.43. The molecule has 1 fully saturated rings. The van der Waals surface area contributed by atoms with Crippen LogP contribution in [-0.4, -0.2) is 75.5 Å². The van der Waals surface area contributed by atoms with E-state index in [0.717, 1.165) is 42.4 Å². The summed E-state index contributed by atoms with van der Waals surface area (Å²) in [5, 5.41) is 24.1. The molecule has 0 bridgehead atoms. The third-order valence-electron chi connectivity index (χ3n) is 7.07. The fourth-order valence-corrected chi connectivity index (χ4v) is 7.17. The maximum atomic E-state index is 9.64. The van der Waals surface area contributed by atoms with Crippen molar-refractivity contribution in [3.8, 4) is 11.8 Å².